The molecule has 0 N–H and O–H groups in total. The van der Waals surface area contributed by atoms with Gasteiger partial charge in [-0.05, 0) is 31.2 Å². The van der Waals surface area contributed by atoms with E-state index in [1.54, 1.807) is 5.57 Å². The third kappa shape index (κ3) is 2.82. The highest BCUT2D eigenvalue weighted by molar-refractivity contribution is 5.33. The van der Waals surface area contributed by atoms with Crippen LogP contribution in [-0.2, 0) is 6.42 Å². The fourth-order valence-corrected chi connectivity index (χ4v) is 2.00. The lowest BCUT2D eigenvalue weighted by Crippen LogP contribution is -1.85. The summed E-state index contributed by atoms with van der Waals surface area (Å²) in [5.74, 6) is 0. The minimum Gasteiger partial charge on any atom is -0.0772 e. The van der Waals surface area contributed by atoms with Gasteiger partial charge in [0.2, 0.25) is 0 Å². The highest BCUT2D eigenvalue weighted by Crippen LogP contribution is 2.23. The van der Waals surface area contributed by atoms with Crippen molar-refractivity contribution in [2.45, 2.75) is 32.6 Å². The fraction of sp³-hybridized carbons (Fsp3) is 0.333. The Kier molecular flexibility index (Phi) is 3.39. The molecule has 0 fully saturated rings. The van der Waals surface area contributed by atoms with Crippen molar-refractivity contribution in [1.82, 2.24) is 0 Å². The molecule has 2 rings (SSSR count). The monoisotopic (exact) mass is 198 g/mol. The Balaban J connectivity index is 1.87. The molecular formula is C15H18. The van der Waals surface area contributed by atoms with Crippen molar-refractivity contribution >= 4 is 0 Å². The maximum Gasteiger partial charge on any atom is -0.0130 e. The molecule has 0 heteroatoms. The molecule has 0 atom stereocenters. The van der Waals surface area contributed by atoms with E-state index >= 15 is 0 Å². The molecule has 0 heterocycles. The summed E-state index contributed by atoms with van der Waals surface area (Å²) in [5, 5.41) is 0. The van der Waals surface area contributed by atoms with E-state index in [1.807, 2.05) is 0 Å². The van der Waals surface area contributed by atoms with Crippen molar-refractivity contribution in [2.75, 3.05) is 0 Å². The molecule has 1 aliphatic rings. The molecule has 0 unspecified atom stereocenters. The molecule has 15 heavy (non-hydrogen) atoms. The highest BCUT2D eigenvalue weighted by Gasteiger charge is 2.04. The standard InChI is InChI=1S/C15H18/c1-2-13-8-10-15(12-13)11-9-14-6-4-3-5-7-14/h3-7,10,12H,2,8-9,11H2,1H3. The molecule has 1 aromatic rings. The van der Waals surface area contributed by atoms with Gasteiger partial charge in [0.25, 0.3) is 0 Å². The van der Waals surface area contributed by atoms with Crippen LogP contribution in [0.25, 0.3) is 0 Å². The molecule has 0 saturated carbocycles. The SMILES string of the molecule is CCC1=CC(CCc2ccccc2)=CC1. The Labute approximate surface area is 92.3 Å². The maximum absolute atomic E-state index is 2.38. The summed E-state index contributed by atoms with van der Waals surface area (Å²) >= 11 is 0. The molecule has 0 nitrogen and oxygen atoms in total. The van der Waals surface area contributed by atoms with Gasteiger partial charge in [-0.25, -0.2) is 0 Å². The van der Waals surface area contributed by atoms with E-state index in [2.05, 4.69) is 49.4 Å². The molecule has 1 aliphatic carbocycles. The van der Waals surface area contributed by atoms with Gasteiger partial charge in [-0.3, -0.25) is 0 Å². The Morgan fingerprint density at radius 3 is 2.53 bits per heavy atom. The van der Waals surface area contributed by atoms with Gasteiger partial charge in [0.1, 0.15) is 0 Å². The Morgan fingerprint density at radius 2 is 1.87 bits per heavy atom. The van der Waals surface area contributed by atoms with E-state index in [-0.39, 0.29) is 0 Å². The fourth-order valence-electron chi connectivity index (χ4n) is 2.00. The van der Waals surface area contributed by atoms with Gasteiger partial charge in [-0.1, -0.05) is 60.6 Å². The van der Waals surface area contributed by atoms with E-state index in [9.17, 15) is 0 Å². The minimum atomic E-state index is 1.17. The Bertz CT molecular complexity index is 368. The van der Waals surface area contributed by atoms with Crippen LogP contribution in [0.1, 0.15) is 31.7 Å². The van der Waals surface area contributed by atoms with Crippen LogP contribution in [0.3, 0.4) is 0 Å². The second-order valence-corrected chi connectivity index (χ2v) is 4.12. The van der Waals surface area contributed by atoms with Gasteiger partial charge in [0.05, 0.1) is 0 Å². The summed E-state index contributed by atoms with van der Waals surface area (Å²) in [6, 6.07) is 10.7. The largest absolute Gasteiger partial charge is 0.0772 e. The van der Waals surface area contributed by atoms with Gasteiger partial charge < -0.3 is 0 Å². The van der Waals surface area contributed by atoms with Gasteiger partial charge in [0.15, 0.2) is 0 Å². The quantitative estimate of drug-likeness (QED) is 0.677. The highest BCUT2D eigenvalue weighted by atomic mass is 14.1. The Morgan fingerprint density at radius 1 is 1.07 bits per heavy atom. The average molecular weight is 198 g/mol. The van der Waals surface area contributed by atoms with Gasteiger partial charge >= 0.3 is 0 Å². The predicted molar refractivity (Wildman–Crippen MR) is 65.8 cm³/mol. The number of rotatable bonds is 4. The van der Waals surface area contributed by atoms with Crippen LogP contribution in [0.4, 0.5) is 0 Å². The van der Waals surface area contributed by atoms with Crippen molar-refractivity contribution in [3.05, 3.63) is 59.2 Å². The molecule has 0 radical (unpaired) electrons. The van der Waals surface area contributed by atoms with Crippen LogP contribution in [0.5, 0.6) is 0 Å². The van der Waals surface area contributed by atoms with Crippen LogP contribution in [0, 0.1) is 0 Å². The van der Waals surface area contributed by atoms with E-state index in [4.69, 9.17) is 0 Å². The predicted octanol–water partition coefficient (Wildman–Crippen LogP) is 4.29. The van der Waals surface area contributed by atoms with Crippen molar-refractivity contribution in [1.29, 1.82) is 0 Å². The van der Waals surface area contributed by atoms with E-state index in [0.29, 0.717) is 0 Å². The summed E-state index contributed by atoms with van der Waals surface area (Å²) in [7, 11) is 0. The molecular weight excluding hydrogens is 180 g/mol. The van der Waals surface area contributed by atoms with Crippen molar-refractivity contribution in [3.8, 4) is 0 Å². The molecule has 0 saturated heterocycles. The topological polar surface area (TPSA) is 0 Å². The molecule has 0 spiro atoms. The van der Waals surface area contributed by atoms with Crippen LogP contribution >= 0.6 is 0 Å². The number of benzene rings is 1. The normalized spacial score (nSPS) is 15.0. The third-order valence-corrected chi connectivity index (χ3v) is 3.02. The van der Waals surface area contributed by atoms with E-state index in [1.165, 1.54) is 36.8 Å². The van der Waals surface area contributed by atoms with Crippen LogP contribution in [0.15, 0.2) is 53.6 Å². The lowest BCUT2D eigenvalue weighted by atomic mass is 10.1. The minimum absolute atomic E-state index is 1.17. The molecule has 78 valence electrons. The van der Waals surface area contributed by atoms with Crippen LogP contribution in [0.2, 0.25) is 0 Å². The molecule has 1 aromatic carbocycles. The summed E-state index contributed by atoms with van der Waals surface area (Å²) in [4.78, 5) is 0. The van der Waals surface area contributed by atoms with Gasteiger partial charge in [-0.15, -0.1) is 0 Å². The van der Waals surface area contributed by atoms with Crippen molar-refractivity contribution in [2.24, 2.45) is 0 Å². The van der Waals surface area contributed by atoms with E-state index in [0.717, 1.165) is 0 Å². The zero-order chi connectivity index (χ0) is 10.5. The van der Waals surface area contributed by atoms with Crippen LogP contribution < -0.4 is 0 Å². The van der Waals surface area contributed by atoms with Crippen molar-refractivity contribution in [3.63, 3.8) is 0 Å². The first-order valence-corrected chi connectivity index (χ1v) is 5.81. The first-order chi connectivity index (χ1) is 7.38. The molecule has 0 aromatic heterocycles. The van der Waals surface area contributed by atoms with Crippen LogP contribution in [-0.4, -0.2) is 0 Å². The van der Waals surface area contributed by atoms with Gasteiger partial charge in [0, 0.05) is 0 Å². The first kappa shape index (κ1) is 10.2. The lowest BCUT2D eigenvalue weighted by molar-refractivity contribution is 0.966. The average Bonchev–Trinajstić information content (AvgIpc) is 2.76. The maximum atomic E-state index is 2.38. The molecule has 0 bridgehead atoms. The number of hydrogen-bond acceptors (Lipinski definition) is 0. The first-order valence-electron chi connectivity index (χ1n) is 5.81. The zero-order valence-corrected chi connectivity index (χ0v) is 9.37. The number of aryl methyl sites for hydroxylation is 1. The second-order valence-electron chi connectivity index (χ2n) is 4.12. The van der Waals surface area contributed by atoms with E-state index < -0.39 is 0 Å². The second kappa shape index (κ2) is 4.97. The van der Waals surface area contributed by atoms with Gasteiger partial charge in [-0.2, -0.15) is 0 Å². The summed E-state index contributed by atoms with van der Waals surface area (Å²) < 4.78 is 0. The smallest absolute Gasteiger partial charge is 0.0130 e. The zero-order valence-electron chi connectivity index (χ0n) is 9.37. The lowest BCUT2D eigenvalue weighted by Gasteiger charge is -2.00. The number of hydrogen-bond donors (Lipinski definition) is 0. The number of allylic oxidation sites excluding steroid dienone is 4. The summed E-state index contributed by atoms with van der Waals surface area (Å²) in [6.45, 7) is 2.24. The summed E-state index contributed by atoms with van der Waals surface area (Å²) in [6.07, 6.45) is 9.49. The Hall–Kier alpha value is -1.30. The molecule has 0 amide bonds. The third-order valence-electron chi connectivity index (χ3n) is 3.02. The van der Waals surface area contributed by atoms with Crippen molar-refractivity contribution < 1.29 is 0 Å². The summed E-state index contributed by atoms with van der Waals surface area (Å²) in [5.41, 5.74) is 4.55. The molecule has 0 aliphatic heterocycles.